The molecule has 2 amide bonds. The molecular formula is C19H29ClN2O3. The summed E-state index contributed by atoms with van der Waals surface area (Å²) >= 11 is 6.05. The maximum Gasteiger partial charge on any atom is 0.317 e. The van der Waals surface area contributed by atoms with Crippen molar-refractivity contribution in [2.24, 2.45) is 5.41 Å². The van der Waals surface area contributed by atoms with Crippen LogP contribution in [0.3, 0.4) is 0 Å². The fraction of sp³-hybridized carbons (Fsp3) is 0.632. The second-order valence-electron chi connectivity index (χ2n) is 7.64. The number of carbonyl (C=O) groups is 1. The summed E-state index contributed by atoms with van der Waals surface area (Å²) in [5.41, 5.74) is 1.07. The molecule has 2 unspecified atom stereocenters. The minimum absolute atomic E-state index is 0.0789. The van der Waals surface area contributed by atoms with Crippen LogP contribution in [-0.4, -0.2) is 54.5 Å². The van der Waals surface area contributed by atoms with Gasteiger partial charge in [-0.1, -0.05) is 37.6 Å². The summed E-state index contributed by atoms with van der Waals surface area (Å²) in [6, 6.07) is 7.65. The molecule has 2 atom stereocenters. The Morgan fingerprint density at radius 1 is 1.52 bits per heavy atom. The van der Waals surface area contributed by atoms with E-state index < -0.39 is 6.10 Å². The molecule has 1 fully saturated rings. The van der Waals surface area contributed by atoms with Gasteiger partial charge in [0.15, 0.2) is 0 Å². The van der Waals surface area contributed by atoms with Crippen molar-refractivity contribution in [3.8, 4) is 0 Å². The number of halogens is 1. The van der Waals surface area contributed by atoms with Crippen molar-refractivity contribution >= 4 is 17.6 Å². The van der Waals surface area contributed by atoms with Crippen molar-refractivity contribution < 1.29 is 14.6 Å². The zero-order chi connectivity index (χ0) is 18.4. The van der Waals surface area contributed by atoms with Crippen LogP contribution in [-0.2, 0) is 11.2 Å². The molecule has 1 saturated heterocycles. The fourth-order valence-corrected chi connectivity index (χ4v) is 3.40. The highest BCUT2D eigenvalue weighted by atomic mass is 35.5. The minimum atomic E-state index is -0.457. The molecule has 0 saturated carbocycles. The number of hydrogen-bond acceptors (Lipinski definition) is 3. The van der Waals surface area contributed by atoms with Gasteiger partial charge in [-0.3, -0.25) is 0 Å². The third-order valence-corrected chi connectivity index (χ3v) is 4.63. The van der Waals surface area contributed by atoms with Crippen LogP contribution in [0.2, 0.25) is 5.02 Å². The van der Waals surface area contributed by atoms with Crippen LogP contribution in [0.15, 0.2) is 24.3 Å². The number of carbonyl (C=O) groups excluding carboxylic acids is 1. The van der Waals surface area contributed by atoms with Crippen molar-refractivity contribution in [2.75, 3.05) is 26.3 Å². The van der Waals surface area contributed by atoms with Crippen molar-refractivity contribution in [1.82, 2.24) is 10.2 Å². The van der Waals surface area contributed by atoms with Crippen LogP contribution in [0.1, 0.15) is 32.8 Å². The Kier molecular flexibility index (Phi) is 7.11. The van der Waals surface area contributed by atoms with Crippen molar-refractivity contribution in [3.63, 3.8) is 0 Å². The topological polar surface area (TPSA) is 61.8 Å². The highest BCUT2D eigenvalue weighted by Crippen LogP contribution is 2.23. The number of urea groups is 1. The van der Waals surface area contributed by atoms with E-state index >= 15 is 0 Å². The van der Waals surface area contributed by atoms with Gasteiger partial charge in [0.2, 0.25) is 0 Å². The number of ether oxygens (including phenoxy) is 1. The lowest BCUT2D eigenvalue weighted by Crippen LogP contribution is -2.54. The molecule has 0 radical (unpaired) electrons. The first-order chi connectivity index (χ1) is 11.8. The third kappa shape index (κ3) is 6.49. The van der Waals surface area contributed by atoms with Crippen LogP contribution < -0.4 is 5.32 Å². The van der Waals surface area contributed by atoms with Gasteiger partial charge in [0, 0.05) is 18.1 Å². The Hall–Kier alpha value is -1.30. The van der Waals surface area contributed by atoms with Gasteiger partial charge in [0.1, 0.15) is 0 Å². The van der Waals surface area contributed by atoms with Gasteiger partial charge in [0.25, 0.3) is 0 Å². The summed E-state index contributed by atoms with van der Waals surface area (Å²) in [6.07, 6.45) is 0.897. The van der Waals surface area contributed by atoms with E-state index in [1.165, 1.54) is 0 Å². The van der Waals surface area contributed by atoms with E-state index in [1.54, 1.807) is 11.8 Å². The van der Waals surface area contributed by atoms with Crippen molar-refractivity contribution in [2.45, 2.75) is 45.8 Å². The Labute approximate surface area is 155 Å². The molecule has 1 aromatic carbocycles. The molecular weight excluding hydrogens is 340 g/mol. The van der Waals surface area contributed by atoms with Crippen LogP contribution in [0, 0.1) is 5.41 Å². The maximum atomic E-state index is 12.6. The molecule has 25 heavy (non-hydrogen) atoms. The molecule has 2 N–H and O–H groups in total. The summed E-state index contributed by atoms with van der Waals surface area (Å²) in [5, 5.41) is 13.4. The third-order valence-electron chi connectivity index (χ3n) is 4.39. The highest BCUT2D eigenvalue weighted by Gasteiger charge is 2.29. The molecule has 1 heterocycles. The second kappa shape index (κ2) is 8.88. The molecule has 0 aromatic heterocycles. The lowest BCUT2D eigenvalue weighted by Gasteiger charge is -2.37. The number of amides is 2. The monoisotopic (exact) mass is 368 g/mol. The Balaban J connectivity index is 1.90. The molecule has 1 aliphatic rings. The van der Waals surface area contributed by atoms with Gasteiger partial charge in [-0.15, -0.1) is 0 Å². The van der Waals surface area contributed by atoms with Crippen LogP contribution in [0.5, 0.6) is 0 Å². The molecule has 140 valence electrons. The van der Waals surface area contributed by atoms with E-state index in [2.05, 4.69) is 25.2 Å². The number of morpholine rings is 1. The van der Waals surface area contributed by atoms with Crippen LogP contribution >= 0.6 is 11.6 Å². The van der Waals surface area contributed by atoms with E-state index in [1.807, 2.05) is 18.2 Å². The van der Waals surface area contributed by atoms with Gasteiger partial charge < -0.3 is 20.1 Å². The number of nitrogens with one attached hydrogen (secondary N) is 1. The van der Waals surface area contributed by atoms with E-state index in [-0.39, 0.29) is 17.5 Å². The van der Waals surface area contributed by atoms with Gasteiger partial charge in [-0.2, -0.15) is 0 Å². The molecule has 0 bridgehead atoms. The van der Waals surface area contributed by atoms with E-state index in [9.17, 15) is 9.90 Å². The van der Waals surface area contributed by atoms with Crippen LogP contribution in [0.4, 0.5) is 4.79 Å². The average Bonchev–Trinajstić information content (AvgIpc) is 2.52. The number of hydrogen-bond donors (Lipinski definition) is 2. The molecule has 1 aromatic rings. The Bertz CT molecular complexity index is 578. The van der Waals surface area contributed by atoms with E-state index in [0.29, 0.717) is 32.7 Å². The van der Waals surface area contributed by atoms with Gasteiger partial charge in [-0.05, 0) is 42.9 Å². The molecule has 1 aliphatic heterocycles. The summed E-state index contributed by atoms with van der Waals surface area (Å²) in [4.78, 5) is 14.4. The van der Waals surface area contributed by atoms with E-state index in [0.717, 1.165) is 17.0 Å². The highest BCUT2D eigenvalue weighted by molar-refractivity contribution is 6.30. The van der Waals surface area contributed by atoms with E-state index in [4.69, 9.17) is 16.3 Å². The zero-order valence-corrected chi connectivity index (χ0v) is 16.1. The summed E-state index contributed by atoms with van der Waals surface area (Å²) in [6.45, 7) is 8.12. The predicted molar refractivity (Wildman–Crippen MR) is 99.9 cm³/mol. The standard InChI is InChI=1S/C19H29ClN2O3/c1-14(23)9-17-12-25-8-7-22(17)18(24)21-13-19(2,3)11-15-5-4-6-16(20)10-15/h4-6,10,14,17,23H,7-9,11-13H2,1-3H3,(H,21,24). The first-order valence-electron chi connectivity index (χ1n) is 8.81. The molecule has 0 aliphatic carbocycles. The SMILES string of the molecule is CC(O)CC1COCCN1C(=O)NCC(C)(C)Cc1cccc(Cl)c1. The summed E-state index contributed by atoms with van der Waals surface area (Å²) in [7, 11) is 0. The first kappa shape index (κ1) is 20.0. The molecule has 6 heteroatoms. The average molecular weight is 369 g/mol. The van der Waals surface area contributed by atoms with Gasteiger partial charge in [-0.25, -0.2) is 4.79 Å². The fourth-order valence-electron chi connectivity index (χ4n) is 3.19. The molecule has 5 nitrogen and oxygen atoms in total. The minimum Gasteiger partial charge on any atom is -0.393 e. The maximum absolute atomic E-state index is 12.6. The van der Waals surface area contributed by atoms with Crippen molar-refractivity contribution in [3.05, 3.63) is 34.9 Å². The number of aliphatic hydroxyl groups is 1. The predicted octanol–water partition coefficient (Wildman–Crippen LogP) is 3.09. The van der Waals surface area contributed by atoms with Gasteiger partial charge >= 0.3 is 6.03 Å². The normalized spacial score (nSPS) is 19.6. The number of rotatable bonds is 6. The van der Waals surface area contributed by atoms with Crippen molar-refractivity contribution in [1.29, 1.82) is 0 Å². The Morgan fingerprint density at radius 3 is 2.96 bits per heavy atom. The summed E-state index contributed by atoms with van der Waals surface area (Å²) < 4.78 is 5.45. The van der Waals surface area contributed by atoms with Gasteiger partial charge in [0.05, 0.1) is 25.4 Å². The molecule has 0 spiro atoms. The zero-order valence-electron chi connectivity index (χ0n) is 15.3. The lowest BCUT2D eigenvalue weighted by molar-refractivity contribution is -0.00468. The first-order valence-corrected chi connectivity index (χ1v) is 9.19. The molecule has 2 rings (SSSR count). The second-order valence-corrected chi connectivity index (χ2v) is 8.07. The number of benzene rings is 1. The lowest BCUT2D eigenvalue weighted by atomic mass is 9.86. The quantitative estimate of drug-likeness (QED) is 0.811. The number of aliphatic hydroxyl groups excluding tert-OH is 1. The largest absolute Gasteiger partial charge is 0.393 e. The Morgan fingerprint density at radius 2 is 2.28 bits per heavy atom. The van der Waals surface area contributed by atoms with Crippen LogP contribution in [0.25, 0.3) is 0 Å². The smallest absolute Gasteiger partial charge is 0.317 e. The number of nitrogens with zero attached hydrogens (tertiary/aromatic N) is 1. The summed E-state index contributed by atoms with van der Waals surface area (Å²) in [5.74, 6) is 0.